The van der Waals surface area contributed by atoms with Crippen LogP contribution in [0.3, 0.4) is 0 Å². The Bertz CT molecular complexity index is 573. The molecule has 1 aromatic carbocycles. The van der Waals surface area contributed by atoms with Crippen LogP contribution >= 0.6 is 0 Å². The molecule has 0 amide bonds. The van der Waals surface area contributed by atoms with Crippen molar-refractivity contribution in [2.45, 2.75) is 0 Å². The number of benzene rings is 1. The molecule has 2 heterocycles. The zero-order valence-electron chi connectivity index (χ0n) is 12.4. The lowest BCUT2D eigenvalue weighted by molar-refractivity contribution is 0.0398. The molecule has 1 aromatic heterocycles. The van der Waals surface area contributed by atoms with Crippen molar-refractivity contribution in [3.05, 3.63) is 36.5 Å². The van der Waals surface area contributed by atoms with Crippen LogP contribution in [0.1, 0.15) is 0 Å². The summed E-state index contributed by atoms with van der Waals surface area (Å²) in [4.78, 5) is 6.77. The quantitative estimate of drug-likeness (QED) is 0.834. The second kappa shape index (κ2) is 7.67. The van der Waals surface area contributed by atoms with E-state index in [4.69, 9.17) is 4.74 Å². The van der Waals surface area contributed by atoms with Crippen LogP contribution in [-0.2, 0) is 4.74 Å². The molecule has 0 unspecified atom stereocenters. The normalized spacial score (nSPS) is 15.5. The van der Waals surface area contributed by atoms with E-state index in [0.717, 1.165) is 45.1 Å². The SMILES string of the molecule is c1ccc(Nc2cnnc(NCCN3CCOCC3)n2)cc1. The van der Waals surface area contributed by atoms with Gasteiger partial charge in [0.25, 0.3) is 0 Å². The first-order valence-electron chi connectivity index (χ1n) is 7.46. The van der Waals surface area contributed by atoms with Gasteiger partial charge in [-0.15, -0.1) is 5.10 Å². The predicted octanol–water partition coefficient (Wildman–Crippen LogP) is 1.36. The molecule has 22 heavy (non-hydrogen) atoms. The lowest BCUT2D eigenvalue weighted by atomic mass is 10.3. The first-order chi connectivity index (χ1) is 10.9. The standard InChI is InChI=1S/C15H20N6O/c1-2-4-13(5-3-1)18-14-12-17-20-15(19-14)16-6-7-21-8-10-22-11-9-21/h1-5,12H,6-11H2,(H2,16,18,19,20). The van der Waals surface area contributed by atoms with E-state index < -0.39 is 0 Å². The van der Waals surface area contributed by atoms with Crippen molar-refractivity contribution in [3.63, 3.8) is 0 Å². The van der Waals surface area contributed by atoms with Gasteiger partial charge in [0.2, 0.25) is 5.95 Å². The molecule has 1 aliphatic heterocycles. The second-order valence-electron chi connectivity index (χ2n) is 5.04. The van der Waals surface area contributed by atoms with Crippen LogP contribution in [0.25, 0.3) is 0 Å². The number of hydrogen-bond acceptors (Lipinski definition) is 7. The monoisotopic (exact) mass is 300 g/mol. The number of nitrogens with one attached hydrogen (secondary N) is 2. The molecule has 0 atom stereocenters. The van der Waals surface area contributed by atoms with Crippen LogP contribution in [0.15, 0.2) is 36.5 Å². The Morgan fingerprint density at radius 2 is 1.95 bits per heavy atom. The minimum absolute atomic E-state index is 0.536. The lowest BCUT2D eigenvalue weighted by Crippen LogP contribution is -2.39. The number of morpholine rings is 1. The first kappa shape index (κ1) is 14.7. The molecular formula is C15H20N6O. The molecule has 116 valence electrons. The van der Waals surface area contributed by atoms with Gasteiger partial charge < -0.3 is 15.4 Å². The number of anilines is 3. The van der Waals surface area contributed by atoms with E-state index in [9.17, 15) is 0 Å². The molecule has 7 heteroatoms. The summed E-state index contributed by atoms with van der Waals surface area (Å²) in [5.74, 6) is 1.21. The Morgan fingerprint density at radius 3 is 2.77 bits per heavy atom. The third-order valence-corrected chi connectivity index (χ3v) is 3.42. The molecule has 0 spiro atoms. The van der Waals surface area contributed by atoms with Crippen molar-refractivity contribution >= 4 is 17.5 Å². The number of rotatable bonds is 6. The molecule has 2 aromatic rings. The fraction of sp³-hybridized carbons (Fsp3) is 0.400. The van der Waals surface area contributed by atoms with Crippen molar-refractivity contribution in [2.75, 3.05) is 50.0 Å². The van der Waals surface area contributed by atoms with Crippen LogP contribution in [-0.4, -0.2) is 59.5 Å². The molecule has 2 N–H and O–H groups in total. The maximum absolute atomic E-state index is 5.33. The third-order valence-electron chi connectivity index (χ3n) is 3.42. The molecule has 1 aliphatic rings. The Kier molecular flexibility index (Phi) is 5.12. The second-order valence-corrected chi connectivity index (χ2v) is 5.04. The Balaban J connectivity index is 1.50. The van der Waals surface area contributed by atoms with Gasteiger partial charge in [0.1, 0.15) is 0 Å². The molecule has 0 aliphatic carbocycles. The van der Waals surface area contributed by atoms with E-state index in [-0.39, 0.29) is 0 Å². The van der Waals surface area contributed by atoms with Gasteiger partial charge in [-0.1, -0.05) is 18.2 Å². The van der Waals surface area contributed by atoms with Crippen LogP contribution in [0.5, 0.6) is 0 Å². The van der Waals surface area contributed by atoms with E-state index in [0.29, 0.717) is 11.8 Å². The lowest BCUT2D eigenvalue weighted by Gasteiger charge is -2.26. The van der Waals surface area contributed by atoms with Gasteiger partial charge in [-0.25, -0.2) is 0 Å². The van der Waals surface area contributed by atoms with Crippen LogP contribution in [0.4, 0.5) is 17.5 Å². The van der Waals surface area contributed by atoms with Crippen molar-refractivity contribution < 1.29 is 4.74 Å². The molecule has 0 radical (unpaired) electrons. The number of aromatic nitrogens is 3. The van der Waals surface area contributed by atoms with Crippen molar-refractivity contribution in [2.24, 2.45) is 0 Å². The minimum atomic E-state index is 0.536. The average Bonchev–Trinajstić information content (AvgIpc) is 2.57. The zero-order chi connectivity index (χ0) is 15.0. The molecule has 3 rings (SSSR count). The highest BCUT2D eigenvalue weighted by molar-refractivity contribution is 5.55. The minimum Gasteiger partial charge on any atom is -0.379 e. The summed E-state index contributed by atoms with van der Waals surface area (Å²) >= 11 is 0. The van der Waals surface area contributed by atoms with Gasteiger partial charge in [-0.3, -0.25) is 4.90 Å². The van der Waals surface area contributed by atoms with Crippen molar-refractivity contribution in [3.8, 4) is 0 Å². The van der Waals surface area contributed by atoms with Gasteiger partial charge in [-0.2, -0.15) is 10.1 Å². The average molecular weight is 300 g/mol. The fourth-order valence-corrected chi connectivity index (χ4v) is 2.26. The van der Waals surface area contributed by atoms with Crippen LogP contribution < -0.4 is 10.6 Å². The van der Waals surface area contributed by atoms with Gasteiger partial charge >= 0.3 is 0 Å². The smallest absolute Gasteiger partial charge is 0.244 e. The summed E-state index contributed by atoms with van der Waals surface area (Å²) in [5, 5.41) is 14.4. The maximum Gasteiger partial charge on any atom is 0.244 e. The fourth-order valence-electron chi connectivity index (χ4n) is 2.26. The maximum atomic E-state index is 5.33. The Morgan fingerprint density at radius 1 is 1.14 bits per heavy atom. The topological polar surface area (TPSA) is 75.2 Å². The Hall–Kier alpha value is -2.25. The predicted molar refractivity (Wildman–Crippen MR) is 85.3 cm³/mol. The summed E-state index contributed by atoms with van der Waals surface area (Å²) in [6.07, 6.45) is 1.61. The van der Waals surface area contributed by atoms with Gasteiger partial charge in [-0.05, 0) is 12.1 Å². The van der Waals surface area contributed by atoms with E-state index in [1.165, 1.54) is 0 Å². The molecule has 1 fully saturated rings. The number of ether oxygens (including phenoxy) is 1. The van der Waals surface area contributed by atoms with Crippen molar-refractivity contribution in [1.82, 2.24) is 20.1 Å². The highest BCUT2D eigenvalue weighted by atomic mass is 16.5. The molecule has 7 nitrogen and oxygen atoms in total. The number of para-hydroxylation sites is 1. The number of hydrogen-bond donors (Lipinski definition) is 2. The van der Waals surface area contributed by atoms with Crippen LogP contribution in [0, 0.1) is 0 Å². The third kappa shape index (κ3) is 4.37. The molecule has 1 saturated heterocycles. The summed E-state index contributed by atoms with van der Waals surface area (Å²) in [6, 6.07) is 9.88. The molecule has 0 bridgehead atoms. The summed E-state index contributed by atoms with van der Waals surface area (Å²) in [5.41, 5.74) is 0.974. The van der Waals surface area contributed by atoms with Gasteiger partial charge in [0, 0.05) is 31.9 Å². The van der Waals surface area contributed by atoms with Gasteiger partial charge in [0.15, 0.2) is 5.82 Å². The van der Waals surface area contributed by atoms with Gasteiger partial charge in [0.05, 0.1) is 19.4 Å². The largest absolute Gasteiger partial charge is 0.379 e. The van der Waals surface area contributed by atoms with E-state index >= 15 is 0 Å². The highest BCUT2D eigenvalue weighted by Gasteiger charge is 2.09. The number of nitrogens with zero attached hydrogens (tertiary/aromatic N) is 4. The van der Waals surface area contributed by atoms with Crippen molar-refractivity contribution in [1.29, 1.82) is 0 Å². The zero-order valence-corrected chi connectivity index (χ0v) is 12.4. The Labute approximate surface area is 129 Å². The highest BCUT2D eigenvalue weighted by Crippen LogP contribution is 2.13. The van der Waals surface area contributed by atoms with E-state index in [2.05, 4.69) is 30.7 Å². The summed E-state index contributed by atoms with van der Waals surface area (Å²) in [7, 11) is 0. The summed E-state index contributed by atoms with van der Waals surface area (Å²) < 4.78 is 5.33. The van der Waals surface area contributed by atoms with Crippen LogP contribution in [0.2, 0.25) is 0 Å². The van der Waals surface area contributed by atoms with E-state index in [1.807, 2.05) is 30.3 Å². The first-order valence-corrected chi connectivity index (χ1v) is 7.46. The molecule has 0 saturated carbocycles. The molecular weight excluding hydrogens is 280 g/mol. The van der Waals surface area contributed by atoms with E-state index in [1.54, 1.807) is 6.20 Å². The summed E-state index contributed by atoms with van der Waals surface area (Å²) in [6.45, 7) is 5.33.